The molecule has 1 N–H and O–H groups in total. The Kier molecular flexibility index (Phi) is 4.98. The molecular weight excluding hydrogens is 308 g/mol. The van der Waals surface area contributed by atoms with E-state index in [2.05, 4.69) is 77.4 Å². The van der Waals surface area contributed by atoms with E-state index in [0.29, 0.717) is 5.95 Å². The Morgan fingerprint density at radius 1 is 0.960 bits per heavy atom. The third-order valence-corrected chi connectivity index (χ3v) is 4.21. The van der Waals surface area contributed by atoms with Crippen LogP contribution in [0, 0.1) is 20.8 Å². The minimum atomic E-state index is 0.618. The number of rotatable bonds is 5. The van der Waals surface area contributed by atoms with E-state index >= 15 is 0 Å². The number of nitrogens with zero attached hydrogens (tertiary/aromatic N) is 3. The van der Waals surface area contributed by atoms with Gasteiger partial charge in [0, 0.05) is 25.5 Å². The molecule has 0 bridgehead atoms. The third kappa shape index (κ3) is 4.15. The largest absolute Gasteiger partial charge is 0.355 e. The maximum Gasteiger partial charge on any atom is 0.229 e. The van der Waals surface area contributed by atoms with Crippen LogP contribution in [0.3, 0.4) is 0 Å². The minimum Gasteiger partial charge on any atom is -0.355 e. The van der Waals surface area contributed by atoms with Crippen LogP contribution in [0.25, 0.3) is 0 Å². The molecule has 3 aromatic rings. The predicted molar refractivity (Wildman–Crippen MR) is 105 cm³/mol. The van der Waals surface area contributed by atoms with E-state index in [0.717, 1.165) is 18.1 Å². The molecule has 4 nitrogen and oxygen atoms in total. The lowest BCUT2D eigenvalue weighted by atomic mass is 10.1. The van der Waals surface area contributed by atoms with Crippen molar-refractivity contribution in [3.05, 3.63) is 77.0 Å². The lowest BCUT2D eigenvalue weighted by molar-refractivity contribution is 0.893. The molecule has 0 spiro atoms. The summed E-state index contributed by atoms with van der Waals surface area (Å²) in [5.74, 6) is 1.51. The summed E-state index contributed by atoms with van der Waals surface area (Å²) in [5, 5.41) is 3.38. The molecule has 2 aromatic carbocycles. The van der Waals surface area contributed by atoms with Gasteiger partial charge >= 0.3 is 0 Å². The average molecular weight is 332 g/mol. The molecule has 128 valence electrons. The van der Waals surface area contributed by atoms with Crippen molar-refractivity contribution in [3.63, 3.8) is 0 Å². The van der Waals surface area contributed by atoms with Crippen molar-refractivity contribution >= 4 is 17.5 Å². The Hall–Kier alpha value is -2.88. The lowest BCUT2D eigenvalue weighted by Gasteiger charge is -2.19. The zero-order valence-electron chi connectivity index (χ0n) is 15.2. The van der Waals surface area contributed by atoms with E-state index in [1.165, 1.54) is 22.3 Å². The molecule has 0 fully saturated rings. The van der Waals surface area contributed by atoms with Gasteiger partial charge in [-0.15, -0.1) is 0 Å². The second-order valence-corrected chi connectivity index (χ2v) is 6.48. The van der Waals surface area contributed by atoms with Crippen molar-refractivity contribution < 1.29 is 0 Å². The quantitative estimate of drug-likeness (QED) is 0.730. The number of nitrogens with one attached hydrogen (secondary N) is 1. The fraction of sp³-hybridized carbons (Fsp3) is 0.238. The van der Waals surface area contributed by atoms with Crippen molar-refractivity contribution in [2.24, 2.45) is 0 Å². The number of aromatic nitrogens is 2. The highest BCUT2D eigenvalue weighted by Gasteiger charge is 2.09. The van der Waals surface area contributed by atoms with Gasteiger partial charge in [0.25, 0.3) is 0 Å². The van der Waals surface area contributed by atoms with Gasteiger partial charge in [-0.05, 0) is 43.5 Å². The van der Waals surface area contributed by atoms with E-state index in [9.17, 15) is 0 Å². The summed E-state index contributed by atoms with van der Waals surface area (Å²) in [6.45, 7) is 7.13. The van der Waals surface area contributed by atoms with E-state index in [-0.39, 0.29) is 0 Å². The molecule has 0 amide bonds. The highest BCUT2D eigenvalue weighted by Crippen LogP contribution is 2.25. The van der Waals surface area contributed by atoms with E-state index in [4.69, 9.17) is 0 Å². The molecule has 1 heterocycles. The van der Waals surface area contributed by atoms with Gasteiger partial charge in [0.2, 0.25) is 5.95 Å². The standard InChI is InChI=1S/C21H24N4/c1-15-12-16(2)20(17(3)13-15)24-21-22-11-10-19(23-21)25(4)14-18-8-6-5-7-9-18/h5-13H,14H2,1-4H3,(H,22,23,24). The first-order chi connectivity index (χ1) is 12.0. The molecule has 0 atom stereocenters. The molecule has 0 aliphatic heterocycles. The number of benzene rings is 2. The number of hydrogen-bond acceptors (Lipinski definition) is 4. The zero-order valence-corrected chi connectivity index (χ0v) is 15.2. The molecule has 0 aliphatic rings. The average Bonchev–Trinajstić information content (AvgIpc) is 2.59. The fourth-order valence-electron chi connectivity index (χ4n) is 3.05. The molecule has 0 radical (unpaired) electrons. The molecule has 4 heteroatoms. The van der Waals surface area contributed by atoms with Crippen LogP contribution in [-0.2, 0) is 6.54 Å². The van der Waals surface area contributed by atoms with Crippen molar-refractivity contribution in [2.75, 3.05) is 17.3 Å². The Morgan fingerprint density at radius 2 is 1.64 bits per heavy atom. The zero-order chi connectivity index (χ0) is 17.8. The summed E-state index contributed by atoms with van der Waals surface area (Å²) >= 11 is 0. The second kappa shape index (κ2) is 7.34. The second-order valence-electron chi connectivity index (χ2n) is 6.48. The summed E-state index contributed by atoms with van der Waals surface area (Å²) in [4.78, 5) is 11.2. The molecule has 1 aromatic heterocycles. The lowest BCUT2D eigenvalue weighted by Crippen LogP contribution is -2.18. The van der Waals surface area contributed by atoms with Gasteiger partial charge in [-0.25, -0.2) is 4.98 Å². The Balaban J connectivity index is 1.80. The molecule has 25 heavy (non-hydrogen) atoms. The number of anilines is 3. The molecule has 0 saturated heterocycles. The molecular formula is C21H24N4. The van der Waals surface area contributed by atoms with Crippen LogP contribution in [0.5, 0.6) is 0 Å². The van der Waals surface area contributed by atoms with Crippen LogP contribution < -0.4 is 10.2 Å². The first kappa shape index (κ1) is 17.0. The van der Waals surface area contributed by atoms with Gasteiger partial charge in [0.15, 0.2) is 0 Å². The van der Waals surface area contributed by atoms with Gasteiger partial charge in [-0.3, -0.25) is 0 Å². The van der Waals surface area contributed by atoms with Crippen molar-refractivity contribution in [2.45, 2.75) is 27.3 Å². The highest BCUT2D eigenvalue weighted by molar-refractivity contribution is 5.64. The summed E-state index contributed by atoms with van der Waals surface area (Å²) < 4.78 is 0. The topological polar surface area (TPSA) is 41.1 Å². The van der Waals surface area contributed by atoms with Crippen LogP contribution in [-0.4, -0.2) is 17.0 Å². The Morgan fingerprint density at radius 3 is 2.32 bits per heavy atom. The molecule has 3 rings (SSSR count). The Bertz CT molecular complexity index is 836. The maximum atomic E-state index is 4.67. The van der Waals surface area contributed by atoms with E-state index in [1.807, 2.05) is 19.2 Å². The van der Waals surface area contributed by atoms with Crippen molar-refractivity contribution in [1.82, 2.24) is 9.97 Å². The number of hydrogen-bond donors (Lipinski definition) is 1. The van der Waals surface area contributed by atoms with E-state index in [1.54, 1.807) is 6.20 Å². The van der Waals surface area contributed by atoms with Gasteiger partial charge in [0.1, 0.15) is 5.82 Å². The van der Waals surface area contributed by atoms with Crippen molar-refractivity contribution in [3.8, 4) is 0 Å². The normalized spacial score (nSPS) is 10.6. The van der Waals surface area contributed by atoms with Crippen molar-refractivity contribution in [1.29, 1.82) is 0 Å². The molecule has 0 aliphatic carbocycles. The molecule has 0 saturated carbocycles. The summed E-state index contributed by atoms with van der Waals surface area (Å²) in [6.07, 6.45) is 1.80. The number of aryl methyl sites for hydroxylation is 3. The van der Waals surface area contributed by atoms with Gasteiger partial charge in [-0.1, -0.05) is 48.0 Å². The summed E-state index contributed by atoms with van der Waals surface area (Å²) in [5.41, 5.74) is 5.99. The van der Waals surface area contributed by atoms with Gasteiger partial charge in [0.05, 0.1) is 0 Å². The molecule has 0 unspecified atom stereocenters. The van der Waals surface area contributed by atoms with E-state index < -0.39 is 0 Å². The third-order valence-electron chi connectivity index (χ3n) is 4.21. The van der Waals surface area contributed by atoms with Crippen LogP contribution in [0.4, 0.5) is 17.5 Å². The summed E-state index contributed by atoms with van der Waals surface area (Å²) in [6, 6.07) is 16.6. The van der Waals surface area contributed by atoms with Gasteiger partial charge < -0.3 is 10.2 Å². The predicted octanol–water partition coefficient (Wildman–Crippen LogP) is 4.78. The van der Waals surface area contributed by atoms with Gasteiger partial charge in [-0.2, -0.15) is 4.98 Å². The smallest absolute Gasteiger partial charge is 0.229 e. The minimum absolute atomic E-state index is 0.618. The summed E-state index contributed by atoms with van der Waals surface area (Å²) in [7, 11) is 2.04. The van der Waals surface area contributed by atoms with Crippen LogP contribution in [0.15, 0.2) is 54.7 Å². The highest BCUT2D eigenvalue weighted by atomic mass is 15.2. The fourth-order valence-corrected chi connectivity index (χ4v) is 3.05. The van der Waals surface area contributed by atoms with Crippen LogP contribution >= 0.6 is 0 Å². The first-order valence-electron chi connectivity index (χ1n) is 8.46. The SMILES string of the molecule is Cc1cc(C)c(Nc2nccc(N(C)Cc3ccccc3)n2)c(C)c1. The monoisotopic (exact) mass is 332 g/mol. The Labute approximate surface area is 149 Å². The van der Waals surface area contributed by atoms with Crippen LogP contribution in [0.2, 0.25) is 0 Å². The maximum absolute atomic E-state index is 4.67. The van der Waals surface area contributed by atoms with Crippen LogP contribution in [0.1, 0.15) is 22.3 Å². The first-order valence-corrected chi connectivity index (χ1v) is 8.46.